The van der Waals surface area contributed by atoms with Crippen molar-refractivity contribution in [2.75, 3.05) is 44.2 Å². The number of hydrogen-bond donors (Lipinski definition) is 2. The van der Waals surface area contributed by atoms with Crippen LogP contribution >= 0.6 is 24.0 Å². The number of nitrogens with zero attached hydrogens (tertiary/aromatic N) is 3. The summed E-state index contributed by atoms with van der Waals surface area (Å²) in [6, 6.07) is 9.97. The molecular weight excluding hydrogens is 453 g/mol. The lowest BCUT2D eigenvalue weighted by atomic mass is 10.2. The number of amides is 1. The van der Waals surface area contributed by atoms with Gasteiger partial charge in [-0.25, -0.2) is 0 Å². The van der Waals surface area contributed by atoms with Gasteiger partial charge in [0.1, 0.15) is 0 Å². The molecule has 2 aliphatic rings. The van der Waals surface area contributed by atoms with Gasteiger partial charge in [0.25, 0.3) is 0 Å². The molecule has 2 aliphatic heterocycles. The van der Waals surface area contributed by atoms with Crippen LogP contribution in [0.25, 0.3) is 0 Å². The van der Waals surface area contributed by atoms with Gasteiger partial charge in [-0.3, -0.25) is 9.79 Å². The highest BCUT2D eigenvalue weighted by Gasteiger charge is 2.31. The zero-order chi connectivity index (χ0) is 18.2. The number of carbonyl (C=O) groups excluding carboxylic acids is 1. The van der Waals surface area contributed by atoms with Crippen molar-refractivity contribution < 1.29 is 4.79 Å². The number of guanidine groups is 1. The predicted octanol–water partition coefficient (Wildman–Crippen LogP) is 2.45. The average molecular weight is 485 g/mol. The molecule has 1 amide bonds. The Morgan fingerprint density at radius 1 is 1.22 bits per heavy atom. The second-order valence-corrected chi connectivity index (χ2v) is 7.05. The molecule has 0 saturated carbocycles. The van der Waals surface area contributed by atoms with E-state index in [2.05, 4.69) is 22.5 Å². The quantitative estimate of drug-likeness (QED) is 0.270. The van der Waals surface area contributed by atoms with Crippen LogP contribution < -0.4 is 15.5 Å². The third kappa shape index (κ3) is 6.64. The fraction of sp³-hybridized carbons (Fsp3) is 0.600. The van der Waals surface area contributed by atoms with Gasteiger partial charge in [0.15, 0.2) is 5.96 Å². The molecular formula is C20H32IN5O. The second kappa shape index (κ2) is 11.5. The van der Waals surface area contributed by atoms with E-state index >= 15 is 0 Å². The summed E-state index contributed by atoms with van der Waals surface area (Å²) in [4.78, 5) is 21.4. The first-order chi connectivity index (χ1) is 12.8. The van der Waals surface area contributed by atoms with Crippen molar-refractivity contribution in [2.24, 2.45) is 4.99 Å². The molecule has 2 N–H and O–H groups in total. The normalized spacial score (nSPS) is 20.6. The standard InChI is InChI=1S/C20H31N5O.HI/c1-2-21-20(22-11-8-14-24-12-6-7-13-24)23-17-15-19(26)25(16-17)18-9-4-3-5-10-18;/h3-5,9-10,17H,2,6-8,11-16H2,1H3,(H2,21,22,23);1H. The van der Waals surface area contributed by atoms with Gasteiger partial charge in [0, 0.05) is 31.7 Å². The molecule has 2 heterocycles. The summed E-state index contributed by atoms with van der Waals surface area (Å²) in [6.07, 6.45) is 4.26. The van der Waals surface area contributed by atoms with Crippen LogP contribution in [0, 0.1) is 0 Å². The smallest absolute Gasteiger partial charge is 0.229 e. The number of halogens is 1. The van der Waals surface area contributed by atoms with Crippen molar-refractivity contribution in [1.29, 1.82) is 0 Å². The first-order valence-electron chi connectivity index (χ1n) is 9.89. The van der Waals surface area contributed by atoms with Crippen LogP contribution in [0.15, 0.2) is 35.3 Å². The molecule has 1 aromatic rings. The minimum atomic E-state index is 0. The zero-order valence-electron chi connectivity index (χ0n) is 16.2. The summed E-state index contributed by atoms with van der Waals surface area (Å²) in [5.74, 6) is 0.986. The van der Waals surface area contributed by atoms with E-state index in [0.29, 0.717) is 13.0 Å². The molecule has 3 rings (SSSR count). The van der Waals surface area contributed by atoms with Crippen LogP contribution in [0.3, 0.4) is 0 Å². The SMILES string of the molecule is CCNC(=NCCCN1CCCC1)NC1CC(=O)N(c2ccccc2)C1.I. The summed E-state index contributed by atoms with van der Waals surface area (Å²) in [5, 5.41) is 6.74. The van der Waals surface area contributed by atoms with Crippen LogP contribution in [0.5, 0.6) is 0 Å². The molecule has 0 aliphatic carbocycles. The molecule has 1 unspecified atom stereocenters. The first-order valence-corrected chi connectivity index (χ1v) is 9.89. The number of rotatable bonds is 7. The molecule has 0 spiro atoms. The monoisotopic (exact) mass is 485 g/mol. The number of aliphatic imine (C=N–C) groups is 1. The molecule has 0 aromatic heterocycles. The highest BCUT2D eigenvalue weighted by atomic mass is 127. The van der Waals surface area contributed by atoms with Gasteiger partial charge in [-0.05, 0) is 58.0 Å². The fourth-order valence-corrected chi connectivity index (χ4v) is 3.67. The van der Waals surface area contributed by atoms with Crippen LogP contribution in [0.1, 0.15) is 32.6 Å². The van der Waals surface area contributed by atoms with E-state index in [1.54, 1.807) is 0 Å². The minimum Gasteiger partial charge on any atom is -0.357 e. The summed E-state index contributed by atoms with van der Waals surface area (Å²) in [5.41, 5.74) is 0.967. The minimum absolute atomic E-state index is 0. The lowest BCUT2D eigenvalue weighted by molar-refractivity contribution is -0.117. The Morgan fingerprint density at radius 2 is 1.96 bits per heavy atom. The Balaban J connectivity index is 0.00000261. The number of carbonyl (C=O) groups is 1. The lowest BCUT2D eigenvalue weighted by Crippen LogP contribution is -2.44. The topological polar surface area (TPSA) is 60.0 Å². The first kappa shape index (κ1) is 21.9. The summed E-state index contributed by atoms with van der Waals surface area (Å²) in [7, 11) is 0. The van der Waals surface area contributed by atoms with E-state index in [1.807, 2.05) is 35.2 Å². The Morgan fingerprint density at radius 3 is 2.67 bits per heavy atom. The number of likely N-dealkylation sites (tertiary alicyclic amines) is 1. The summed E-state index contributed by atoms with van der Waals surface area (Å²) < 4.78 is 0. The van der Waals surface area contributed by atoms with Gasteiger partial charge < -0.3 is 20.4 Å². The van der Waals surface area contributed by atoms with Crippen molar-refractivity contribution in [2.45, 2.75) is 38.6 Å². The predicted molar refractivity (Wildman–Crippen MR) is 122 cm³/mol. The number of hydrogen-bond acceptors (Lipinski definition) is 3. The van der Waals surface area contributed by atoms with Crippen LogP contribution in [-0.4, -0.2) is 62.1 Å². The third-order valence-corrected chi connectivity index (χ3v) is 4.98. The molecule has 0 bridgehead atoms. The van der Waals surface area contributed by atoms with Crippen molar-refractivity contribution in [1.82, 2.24) is 15.5 Å². The molecule has 7 heteroatoms. The Hall–Kier alpha value is -1.35. The van der Waals surface area contributed by atoms with Gasteiger partial charge in [-0.2, -0.15) is 0 Å². The molecule has 27 heavy (non-hydrogen) atoms. The number of anilines is 1. The Bertz CT molecular complexity index is 604. The number of para-hydroxylation sites is 1. The molecule has 150 valence electrons. The maximum absolute atomic E-state index is 12.4. The molecule has 0 radical (unpaired) electrons. The maximum atomic E-state index is 12.4. The zero-order valence-corrected chi connectivity index (χ0v) is 18.5. The fourth-order valence-electron chi connectivity index (χ4n) is 3.67. The summed E-state index contributed by atoms with van der Waals surface area (Å²) in [6.45, 7) is 7.99. The van der Waals surface area contributed by atoms with Gasteiger partial charge in [0.2, 0.25) is 5.91 Å². The van der Waals surface area contributed by atoms with Crippen LogP contribution in [-0.2, 0) is 4.79 Å². The van der Waals surface area contributed by atoms with Crippen molar-refractivity contribution in [3.8, 4) is 0 Å². The number of nitrogens with one attached hydrogen (secondary N) is 2. The average Bonchev–Trinajstić information content (AvgIpc) is 3.29. The van der Waals surface area contributed by atoms with E-state index in [-0.39, 0.29) is 35.9 Å². The molecule has 2 saturated heterocycles. The highest BCUT2D eigenvalue weighted by molar-refractivity contribution is 14.0. The van der Waals surface area contributed by atoms with Gasteiger partial charge in [-0.1, -0.05) is 18.2 Å². The largest absolute Gasteiger partial charge is 0.357 e. The van der Waals surface area contributed by atoms with E-state index < -0.39 is 0 Å². The molecule has 6 nitrogen and oxygen atoms in total. The Kier molecular flexibility index (Phi) is 9.33. The van der Waals surface area contributed by atoms with E-state index in [0.717, 1.165) is 37.7 Å². The number of benzene rings is 1. The lowest BCUT2D eigenvalue weighted by Gasteiger charge is -2.19. The second-order valence-electron chi connectivity index (χ2n) is 7.05. The van der Waals surface area contributed by atoms with Gasteiger partial charge >= 0.3 is 0 Å². The van der Waals surface area contributed by atoms with E-state index in [4.69, 9.17) is 4.99 Å². The molecule has 1 aromatic carbocycles. The third-order valence-electron chi connectivity index (χ3n) is 4.98. The van der Waals surface area contributed by atoms with Crippen LogP contribution in [0.2, 0.25) is 0 Å². The van der Waals surface area contributed by atoms with Crippen molar-refractivity contribution >= 4 is 41.5 Å². The summed E-state index contributed by atoms with van der Waals surface area (Å²) >= 11 is 0. The Labute approximate surface area is 179 Å². The van der Waals surface area contributed by atoms with Crippen molar-refractivity contribution in [3.05, 3.63) is 30.3 Å². The highest BCUT2D eigenvalue weighted by Crippen LogP contribution is 2.20. The molecule has 2 fully saturated rings. The van der Waals surface area contributed by atoms with Crippen LogP contribution in [0.4, 0.5) is 5.69 Å². The van der Waals surface area contributed by atoms with Crippen molar-refractivity contribution in [3.63, 3.8) is 0 Å². The maximum Gasteiger partial charge on any atom is 0.229 e. The molecule has 1 atom stereocenters. The van der Waals surface area contributed by atoms with E-state index in [9.17, 15) is 4.79 Å². The van der Waals surface area contributed by atoms with Gasteiger partial charge in [-0.15, -0.1) is 24.0 Å². The van der Waals surface area contributed by atoms with Gasteiger partial charge in [0.05, 0.1) is 6.04 Å². The van der Waals surface area contributed by atoms with E-state index in [1.165, 1.54) is 25.9 Å².